The summed E-state index contributed by atoms with van der Waals surface area (Å²) in [6.07, 6.45) is 3.67. The van der Waals surface area contributed by atoms with Gasteiger partial charge >= 0.3 is 6.03 Å². The van der Waals surface area contributed by atoms with E-state index in [-0.39, 0.29) is 12.1 Å². The molecule has 1 N–H and O–H groups in total. The number of benzene rings is 2. The van der Waals surface area contributed by atoms with Crippen LogP contribution in [-0.4, -0.2) is 27.8 Å². The Hall–Kier alpha value is -2.50. The minimum absolute atomic E-state index is 0.174. The number of halogens is 2. The number of nitrogens with zero attached hydrogens (tertiary/aromatic N) is 3. The number of urea groups is 1. The number of nitrogens with one attached hydrogen (secondary N) is 1. The summed E-state index contributed by atoms with van der Waals surface area (Å²) >= 11 is 12.2. The highest BCUT2D eigenvalue weighted by atomic mass is 35.5. The molecule has 2 aromatic carbocycles. The molecule has 3 rings (SSSR count). The molecule has 3 aromatic rings. The van der Waals surface area contributed by atoms with E-state index in [1.54, 1.807) is 30.3 Å². The second kappa shape index (κ2) is 9.13. The molecule has 1 aromatic heterocycles. The van der Waals surface area contributed by atoms with Crippen LogP contribution in [0.25, 0.3) is 0 Å². The van der Waals surface area contributed by atoms with Crippen LogP contribution < -0.4 is 5.32 Å². The number of amides is 2. The molecule has 0 aliphatic rings. The van der Waals surface area contributed by atoms with Crippen LogP contribution in [0.5, 0.6) is 0 Å². The van der Waals surface area contributed by atoms with Crippen LogP contribution in [0.15, 0.2) is 60.9 Å². The molecule has 7 heteroatoms. The molecule has 0 bridgehead atoms. The van der Waals surface area contributed by atoms with Gasteiger partial charge in [0.1, 0.15) is 0 Å². The van der Waals surface area contributed by atoms with Crippen molar-refractivity contribution >= 4 is 29.2 Å². The van der Waals surface area contributed by atoms with Crippen LogP contribution in [0.3, 0.4) is 0 Å². The number of hydrogen-bond donors (Lipinski definition) is 1. The van der Waals surface area contributed by atoms with E-state index in [1.165, 1.54) is 0 Å². The van der Waals surface area contributed by atoms with Gasteiger partial charge in [0.2, 0.25) is 0 Å². The average molecular weight is 417 g/mol. The lowest BCUT2D eigenvalue weighted by Gasteiger charge is -2.26. The number of hydrogen-bond acceptors (Lipinski definition) is 2. The Bertz CT molecular complexity index is 943. The summed E-state index contributed by atoms with van der Waals surface area (Å²) in [4.78, 5) is 14.3. The SMILES string of the molecule is C[C@@H](c1ccc(Cl)cc1Cl)N(C)C(=O)NCc1ccccc1Cn1cccn1. The van der Waals surface area contributed by atoms with Gasteiger partial charge in [0, 0.05) is 36.0 Å². The third-order valence-electron chi connectivity index (χ3n) is 4.75. The first kappa shape index (κ1) is 20.2. The molecule has 0 aliphatic heterocycles. The van der Waals surface area contributed by atoms with Crippen molar-refractivity contribution in [2.24, 2.45) is 0 Å². The van der Waals surface area contributed by atoms with E-state index in [0.29, 0.717) is 23.1 Å². The molecule has 2 amide bonds. The molecule has 5 nitrogen and oxygen atoms in total. The van der Waals surface area contributed by atoms with Gasteiger partial charge in [0.05, 0.1) is 12.6 Å². The number of carbonyl (C=O) groups excluding carboxylic acids is 1. The maximum atomic E-state index is 12.7. The van der Waals surface area contributed by atoms with Gasteiger partial charge in [0.25, 0.3) is 0 Å². The van der Waals surface area contributed by atoms with Crippen LogP contribution in [0, 0.1) is 0 Å². The first-order valence-corrected chi connectivity index (χ1v) is 9.71. The van der Waals surface area contributed by atoms with Crippen molar-refractivity contribution in [1.29, 1.82) is 0 Å². The molecule has 0 unspecified atom stereocenters. The summed E-state index contributed by atoms with van der Waals surface area (Å²) in [6, 6.07) is 14.8. The summed E-state index contributed by atoms with van der Waals surface area (Å²) in [7, 11) is 1.75. The number of rotatable bonds is 6. The topological polar surface area (TPSA) is 50.2 Å². The average Bonchev–Trinajstić information content (AvgIpc) is 3.19. The summed E-state index contributed by atoms with van der Waals surface area (Å²) < 4.78 is 1.86. The van der Waals surface area contributed by atoms with Gasteiger partial charge in [-0.2, -0.15) is 5.10 Å². The molecule has 0 spiro atoms. The fourth-order valence-corrected chi connectivity index (χ4v) is 3.54. The van der Waals surface area contributed by atoms with Gasteiger partial charge in [0.15, 0.2) is 0 Å². The highest BCUT2D eigenvalue weighted by molar-refractivity contribution is 6.35. The molecule has 0 radical (unpaired) electrons. The molecule has 0 saturated carbocycles. The largest absolute Gasteiger partial charge is 0.334 e. The third-order valence-corrected chi connectivity index (χ3v) is 5.32. The van der Waals surface area contributed by atoms with Gasteiger partial charge in [-0.05, 0) is 41.8 Å². The van der Waals surface area contributed by atoms with Crippen molar-refractivity contribution in [3.63, 3.8) is 0 Å². The quantitative estimate of drug-likeness (QED) is 0.604. The van der Waals surface area contributed by atoms with Gasteiger partial charge in [-0.25, -0.2) is 4.79 Å². The minimum atomic E-state index is -0.191. The van der Waals surface area contributed by atoms with Crippen LogP contribution >= 0.6 is 23.2 Å². The van der Waals surface area contributed by atoms with E-state index in [2.05, 4.69) is 10.4 Å². The minimum Gasteiger partial charge on any atom is -0.334 e. The van der Waals surface area contributed by atoms with Crippen LogP contribution in [-0.2, 0) is 13.1 Å². The molecule has 0 fully saturated rings. The van der Waals surface area contributed by atoms with Crippen molar-refractivity contribution < 1.29 is 4.79 Å². The van der Waals surface area contributed by atoms with E-state index < -0.39 is 0 Å². The first-order valence-electron chi connectivity index (χ1n) is 8.95. The van der Waals surface area contributed by atoms with E-state index in [1.807, 2.05) is 54.2 Å². The third kappa shape index (κ3) is 4.86. The normalized spacial score (nSPS) is 11.9. The standard InChI is InChI=1S/C21H22Cl2N4O/c1-15(19-9-8-18(22)12-20(19)23)26(2)21(28)24-13-16-6-3-4-7-17(16)14-27-11-5-10-25-27/h3-12,15H,13-14H2,1-2H3,(H,24,28)/t15-/m0/s1. The van der Waals surface area contributed by atoms with Crippen LogP contribution in [0.4, 0.5) is 4.79 Å². The molecule has 1 atom stereocenters. The Kier molecular flexibility index (Phi) is 6.60. The van der Waals surface area contributed by atoms with Crippen molar-refractivity contribution in [3.05, 3.63) is 87.7 Å². The maximum Gasteiger partial charge on any atom is 0.317 e. The Morgan fingerprint density at radius 1 is 1.18 bits per heavy atom. The summed E-state index contributed by atoms with van der Waals surface area (Å²) in [5, 5.41) is 8.35. The predicted molar refractivity (Wildman–Crippen MR) is 113 cm³/mol. The molecule has 28 heavy (non-hydrogen) atoms. The van der Waals surface area contributed by atoms with Gasteiger partial charge in [-0.1, -0.05) is 53.5 Å². The molecule has 0 saturated heterocycles. The van der Waals surface area contributed by atoms with E-state index in [0.717, 1.165) is 16.7 Å². The monoisotopic (exact) mass is 416 g/mol. The lowest BCUT2D eigenvalue weighted by atomic mass is 10.1. The van der Waals surface area contributed by atoms with E-state index >= 15 is 0 Å². The zero-order chi connectivity index (χ0) is 20.1. The number of aromatic nitrogens is 2. The van der Waals surface area contributed by atoms with Gasteiger partial charge in [-0.15, -0.1) is 0 Å². The van der Waals surface area contributed by atoms with Crippen LogP contribution in [0.1, 0.15) is 29.7 Å². The second-order valence-electron chi connectivity index (χ2n) is 6.58. The molecule has 0 aliphatic carbocycles. The van der Waals surface area contributed by atoms with E-state index in [4.69, 9.17) is 23.2 Å². The summed E-state index contributed by atoms with van der Waals surface area (Å²) in [5.41, 5.74) is 3.02. The highest BCUT2D eigenvalue weighted by Gasteiger charge is 2.19. The Morgan fingerprint density at radius 3 is 2.61 bits per heavy atom. The predicted octanol–water partition coefficient (Wildman–Crippen LogP) is 5.14. The smallest absolute Gasteiger partial charge is 0.317 e. The molecule has 1 heterocycles. The van der Waals surface area contributed by atoms with E-state index in [9.17, 15) is 4.79 Å². The number of carbonyl (C=O) groups is 1. The van der Waals surface area contributed by atoms with Crippen molar-refractivity contribution in [3.8, 4) is 0 Å². The van der Waals surface area contributed by atoms with Crippen molar-refractivity contribution in [2.75, 3.05) is 7.05 Å². The zero-order valence-corrected chi connectivity index (χ0v) is 17.3. The van der Waals surface area contributed by atoms with Gasteiger partial charge in [-0.3, -0.25) is 4.68 Å². The Morgan fingerprint density at radius 2 is 1.93 bits per heavy atom. The fraction of sp³-hybridized carbons (Fsp3) is 0.238. The Balaban J connectivity index is 1.65. The lowest BCUT2D eigenvalue weighted by Crippen LogP contribution is -2.38. The fourth-order valence-electron chi connectivity index (χ4n) is 2.97. The van der Waals surface area contributed by atoms with Crippen LogP contribution in [0.2, 0.25) is 10.0 Å². The Labute approximate surface area is 174 Å². The molecular weight excluding hydrogens is 395 g/mol. The van der Waals surface area contributed by atoms with Crippen molar-refractivity contribution in [1.82, 2.24) is 20.0 Å². The summed E-state index contributed by atoms with van der Waals surface area (Å²) in [5.74, 6) is 0. The zero-order valence-electron chi connectivity index (χ0n) is 15.8. The first-order chi connectivity index (χ1) is 13.5. The van der Waals surface area contributed by atoms with Gasteiger partial charge < -0.3 is 10.2 Å². The molecule has 146 valence electrons. The summed E-state index contributed by atoms with van der Waals surface area (Å²) in [6.45, 7) is 3.02. The second-order valence-corrected chi connectivity index (χ2v) is 7.43. The molecular formula is C21H22Cl2N4O. The lowest BCUT2D eigenvalue weighted by molar-refractivity contribution is 0.194. The van der Waals surface area contributed by atoms with Crippen molar-refractivity contribution in [2.45, 2.75) is 26.1 Å². The maximum absolute atomic E-state index is 12.7. The highest BCUT2D eigenvalue weighted by Crippen LogP contribution is 2.29.